The van der Waals surface area contributed by atoms with Gasteiger partial charge in [-0.15, -0.1) is 11.3 Å². The van der Waals surface area contributed by atoms with E-state index in [9.17, 15) is 9.90 Å². The van der Waals surface area contributed by atoms with E-state index in [1.807, 2.05) is 6.07 Å². The van der Waals surface area contributed by atoms with Gasteiger partial charge in [-0.3, -0.25) is 0 Å². The molecule has 0 radical (unpaired) electrons. The van der Waals surface area contributed by atoms with Gasteiger partial charge in [-0.2, -0.15) is 0 Å². The highest BCUT2D eigenvalue weighted by molar-refractivity contribution is 7.19. The molecule has 1 fully saturated rings. The maximum atomic E-state index is 11.6. The average molecular weight is 321 g/mol. The summed E-state index contributed by atoms with van der Waals surface area (Å²) in [6.07, 6.45) is 2.03. The minimum atomic E-state index is -1.00. The third kappa shape index (κ3) is 2.11. The van der Waals surface area contributed by atoms with Gasteiger partial charge in [-0.1, -0.05) is 16.8 Å². The van der Waals surface area contributed by atoms with Gasteiger partial charge in [0, 0.05) is 5.92 Å². The lowest BCUT2D eigenvalue weighted by atomic mass is 10.1. The van der Waals surface area contributed by atoms with Crippen LogP contribution in [0.15, 0.2) is 22.7 Å². The zero-order chi connectivity index (χ0) is 14.6. The summed E-state index contributed by atoms with van der Waals surface area (Å²) in [5, 5.41) is 14.0. The lowest BCUT2D eigenvalue weighted by Crippen LogP contribution is -2.00. The molecule has 3 heterocycles. The van der Waals surface area contributed by atoms with Crippen LogP contribution in [0.5, 0.6) is 0 Å². The number of aromatic carboxylic acids is 1. The highest BCUT2D eigenvalue weighted by atomic mass is 35.5. The van der Waals surface area contributed by atoms with Crippen molar-refractivity contribution in [3.63, 3.8) is 0 Å². The fourth-order valence-electron chi connectivity index (χ4n) is 2.36. The topological polar surface area (TPSA) is 76.2 Å². The Morgan fingerprint density at radius 2 is 2.24 bits per heavy atom. The Kier molecular flexibility index (Phi) is 2.77. The van der Waals surface area contributed by atoms with Crippen molar-refractivity contribution in [2.75, 3.05) is 0 Å². The van der Waals surface area contributed by atoms with Crippen LogP contribution in [-0.4, -0.2) is 21.2 Å². The number of pyridine rings is 1. The van der Waals surface area contributed by atoms with Crippen molar-refractivity contribution in [3.8, 4) is 10.6 Å². The summed E-state index contributed by atoms with van der Waals surface area (Å²) < 4.78 is 5.88. The average Bonchev–Trinajstić information content (AvgIpc) is 3.06. The molecule has 0 unspecified atom stereocenters. The number of hydrogen-bond acceptors (Lipinski definition) is 5. The van der Waals surface area contributed by atoms with E-state index in [-0.39, 0.29) is 11.3 Å². The Balaban J connectivity index is 1.97. The first-order valence-corrected chi connectivity index (χ1v) is 7.62. The normalized spacial score (nSPS) is 14.7. The Morgan fingerprint density at radius 1 is 1.43 bits per heavy atom. The van der Waals surface area contributed by atoms with E-state index in [1.165, 1.54) is 11.3 Å². The number of nitrogens with zero attached hydrogens (tertiary/aromatic N) is 2. The van der Waals surface area contributed by atoms with Gasteiger partial charge in [-0.25, -0.2) is 9.78 Å². The highest BCUT2D eigenvalue weighted by Crippen LogP contribution is 2.43. The number of aromatic nitrogens is 2. The van der Waals surface area contributed by atoms with Gasteiger partial charge >= 0.3 is 5.97 Å². The number of fused-ring (bicyclic) bond motifs is 1. The maximum Gasteiger partial charge on any atom is 0.336 e. The summed E-state index contributed by atoms with van der Waals surface area (Å²) in [5.74, 6) is -0.704. The second kappa shape index (κ2) is 4.54. The number of halogens is 1. The van der Waals surface area contributed by atoms with Crippen LogP contribution in [0.2, 0.25) is 4.34 Å². The number of rotatable bonds is 3. The van der Waals surface area contributed by atoms with Crippen LogP contribution in [-0.2, 0) is 0 Å². The molecule has 0 aliphatic heterocycles. The predicted molar refractivity (Wildman–Crippen MR) is 79.1 cm³/mol. The third-order valence-electron chi connectivity index (χ3n) is 3.49. The molecular formula is C14H9ClN2O3S. The van der Waals surface area contributed by atoms with E-state index in [1.54, 1.807) is 12.1 Å². The van der Waals surface area contributed by atoms with Gasteiger partial charge in [0.1, 0.15) is 0 Å². The van der Waals surface area contributed by atoms with Crippen LogP contribution < -0.4 is 0 Å². The van der Waals surface area contributed by atoms with Crippen LogP contribution in [0, 0.1) is 0 Å². The summed E-state index contributed by atoms with van der Waals surface area (Å²) in [6.45, 7) is 0. The lowest BCUT2D eigenvalue weighted by Gasteiger charge is -2.01. The molecule has 0 aromatic carbocycles. The Hall–Kier alpha value is -1.92. The highest BCUT2D eigenvalue weighted by Gasteiger charge is 2.32. The van der Waals surface area contributed by atoms with Gasteiger partial charge < -0.3 is 9.63 Å². The summed E-state index contributed by atoms with van der Waals surface area (Å²) >= 11 is 7.27. The first-order chi connectivity index (χ1) is 10.1. The lowest BCUT2D eigenvalue weighted by molar-refractivity contribution is 0.0699. The summed E-state index contributed by atoms with van der Waals surface area (Å²) in [6, 6.07) is 5.13. The van der Waals surface area contributed by atoms with Crippen molar-refractivity contribution >= 4 is 40.0 Å². The minimum absolute atomic E-state index is 0.183. The van der Waals surface area contributed by atoms with Gasteiger partial charge in [0.15, 0.2) is 0 Å². The van der Waals surface area contributed by atoms with E-state index in [2.05, 4.69) is 10.1 Å². The van der Waals surface area contributed by atoms with Crippen LogP contribution >= 0.6 is 22.9 Å². The summed E-state index contributed by atoms with van der Waals surface area (Å²) in [7, 11) is 0. The molecule has 3 aromatic heterocycles. The predicted octanol–water partition coefficient (Wildman–Crippen LogP) is 4.18. The summed E-state index contributed by atoms with van der Waals surface area (Å²) in [4.78, 5) is 16.8. The molecular weight excluding hydrogens is 312 g/mol. The summed E-state index contributed by atoms with van der Waals surface area (Å²) in [5.41, 5.74) is 1.71. The minimum Gasteiger partial charge on any atom is -0.478 e. The first-order valence-electron chi connectivity index (χ1n) is 6.43. The standard InChI is InChI=1S/C14H9ClN2O3S/c15-10-4-3-9(21-10)8-5-7(14(18)19)11-12(6-1-2-6)17-20-13(11)16-8/h3-6H,1-2H2,(H,18,19). The fourth-order valence-corrected chi connectivity index (χ4v) is 3.36. The zero-order valence-corrected chi connectivity index (χ0v) is 12.2. The maximum absolute atomic E-state index is 11.6. The number of carbonyl (C=O) groups is 1. The molecule has 3 aromatic rings. The number of hydrogen-bond donors (Lipinski definition) is 1. The van der Waals surface area contributed by atoms with Gasteiger partial charge in [-0.05, 0) is 31.0 Å². The van der Waals surface area contributed by atoms with Crippen molar-refractivity contribution in [1.29, 1.82) is 0 Å². The van der Waals surface area contributed by atoms with Crippen LogP contribution in [0.3, 0.4) is 0 Å². The molecule has 1 N–H and O–H groups in total. The molecule has 0 amide bonds. The largest absolute Gasteiger partial charge is 0.478 e. The van der Waals surface area contributed by atoms with Crippen molar-refractivity contribution in [2.45, 2.75) is 18.8 Å². The molecule has 1 saturated carbocycles. The first kappa shape index (κ1) is 12.8. The van der Waals surface area contributed by atoms with E-state index in [0.29, 0.717) is 27.0 Å². The van der Waals surface area contributed by atoms with E-state index in [4.69, 9.17) is 16.1 Å². The Morgan fingerprint density at radius 3 is 2.86 bits per heavy atom. The van der Waals surface area contributed by atoms with Gasteiger partial charge in [0.05, 0.1) is 31.6 Å². The fraction of sp³-hybridized carbons (Fsp3) is 0.214. The van der Waals surface area contributed by atoms with Crippen LogP contribution in [0.25, 0.3) is 21.7 Å². The molecule has 0 spiro atoms. The van der Waals surface area contributed by atoms with Crippen molar-refractivity contribution in [3.05, 3.63) is 33.8 Å². The molecule has 5 nitrogen and oxygen atoms in total. The number of thiophene rings is 1. The van der Waals surface area contributed by atoms with E-state index >= 15 is 0 Å². The van der Waals surface area contributed by atoms with Crippen molar-refractivity contribution in [2.24, 2.45) is 0 Å². The van der Waals surface area contributed by atoms with Crippen LogP contribution in [0.1, 0.15) is 34.8 Å². The molecule has 1 aliphatic carbocycles. The van der Waals surface area contributed by atoms with Gasteiger partial charge in [0.25, 0.3) is 5.71 Å². The molecule has 21 heavy (non-hydrogen) atoms. The molecule has 106 valence electrons. The Bertz CT molecular complexity index is 866. The molecule has 0 atom stereocenters. The monoisotopic (exact) mass is 320 g/mol. The van der Waals surface area contributed by atoms with Crippen molar-refractivity contribution < 1.29 is 14.4 Å². The number of carboxylic acid groups (broad SMARTS) is 1. The third-order valence-corrected chi connectivity index (χ3v) is 4.75. The quantitative estimate of drug-likeness (QED) is 0.783. The smallest absolute Gasteiger partial charge is 0.336 e. The molecule has 1 aliphatic rings. The molecule has 0 saturated heterocycles. The SMILES string of the molecule is O=C(O)c1cc(-c2ccc(Cl)s2)nc2onc(C3CC3)c12. The van der Waals surface area contributed by atoms with E-state index in [0.717, 1.165) is 17.7 Å². The van der Waals surface area contributed by atoms with Crippen LogP contribution in [0.4, 0.5) is 0 Å². The second-order valence-electron chi connectivity index (χ2n) is 4.99. The van der Waals surface area contributed by atoms with E-state index < -0.39 is 5.97 Å². The number of carboxylic acids is 1. The zero-order valence-electron chi connectivity index (χ0n) is 10.7. The second-order valence-corrected chi connectivity index (χ2v) is 6.70. The molecule has 4 rings (SSSR count). The Labute approximate surface area is 128 Å². The molecule has 7 heteroatoms. The molecule has 0 bridgehead atoms. The van der Waals surface area contributed by atoms with Gasteiger partial charge in [0.2, 0.25) is 0 Å². The van der Waals surface area contributed by atoms with Crippen molar-refractivity contribution in [1.82, 2.24) is 10.1 Å².